The SMILES string of the molecule is CCOc1cc(C2/C(=C(\O)c3ccc(C)c(C)c3)C(=O)C(=O)N2c2ccc3c(c2)OCO3)ccc1O. The fraction of sp³-hybridized carbons (Fsp3) is 0.214. The van der Waals surface area contributed by atoms with E-state index in [0.717, 1.165) is 11.1 Å². The molecule has 8 nitrogen and oxygen atoms in total. The predicted octanol–water partition coefficient (Wildman–Crippen LogP) is 4.76. The molecule has 3 aromatic carbocycles. The van der Waals surface area contributed by atoms with Crippen LogP contribution < -0.4 is 19.1 Å². The summed E-state index contributed by atoms with van der Waals surface area (Å²) >= 11 is 0. The number of phenolic OH excluding ortho intramolecular Hbond substituents is 1. The second-order valence-electron chi connectivity index (χ2n) is 8.67. The van der Waals surface area contributed by atoms with Gasteiger partial charge in [0.25, 0.3) is 11.7 Å². The lowest BCUT2D eigenvalue weighted by molar-refractivity contribution is -0.132. The molecule has 2 aliphatic heterocycles. The van der Waals surface area contributed by atoms with E-state index < -0.39 is 17.7 Å². The largest absolute Gasteiger partial charge is 0.507 e. The zero-order valence-electron chi connectivity index (χ0n) is 20.1. The number of aliphatic hydroxyl groups is 1. The first-order chi connectivity index (χ1) is 17.3. The Labute approximate surface area is 208 Å². The first kappa shape index (κ1) is 23.3. The fourth-order valence-corrected chi connectivity index (χ4v) is 4.47. The molecule has 1 saturated heterocycles. The van der Waals surface area contributed by atoms with Crippen molar-refractivity contribution in [2.75, 3.05) is 18.3 Å². The Balaban J connectivity index is 1.72. The number of benzene rings is 3. The standard InChI is InChI=1S/C28H25NO7/c1-4-34-22-12-17(7-9-20(22)30)25-24(26(31)18-6-5-15(2)16(3)11-18)27(32)28(33)29(25)19-8-10-21-23(13-19)36-14-35-21/h5-13,25,30-31H,4,14H2,1-3H3/b26-24+. The number of rotatable bonds is 5. The van der Waals surface area contributed by atoms with Crippen LogP contribution in [0, 0.1) is 13.8 Å². The number of aliphatic hydroxyl groups excluding tert-OH is 1. The van der Waals surface area contributed by atoms with Gasteiger partial charge in [-0.05, 0) is 67.8 Å². The highest BCUT2D eigenvalue weighted by Crippen LogP contribution is 2.46. The number of aryl methyl sites for hydroxylation is 2. The second-order valence-corrected chi connectivity index (χ2v) is 8.67. The molecular weight excluding hydrogens is 462 g/mol. The average molecular weight is 488 g/mol. The maximum absolute atomic E-state index is 13.4. The van der Waals surface area contributed by atoms with Crippen LogP contribution in [0.4, 0.5) is 5.69 Å². The van der Waals surface area contributed by atoms with Crippen LogP contribution in [0.2, 0.25) is 0 Å². The van der Waals surface area contributed by atoms with Crippen LogP contribution in [-0.4, -0.2) is 35.3 Å². The second kappa shape index (κ2) is 8.96. The number of nitrogens with zero attached hydrogens (tertiary/aromatic N) is 1. The Bertz CT molecular complexity index is 1430. The minimum atomic E-state index is -0.980. The highest BCUT2D eigenvalue weighted by molar-refractivity contribution is 6.51. The van der Waals surface area contributed by atoms with Gasteiger partial charge in [0.15, 0.2) is 23.0 Å². The number of aromatic hydroxyl groups is 1. The molecule has 1 unspecified atom stereocenters. The number of fused-ring (bicyclic) bond motifs is 1. The number of phenols is 1. The molecule has 36 heavy (non-hydrogen) atoms. The summed E-state index contributed by atoms with van der Waals surface area (Å²) in [7, 11) is 0. The van der Waals surface area contributed by atoms with Crippen LogP contribution in [0.15, 0.2) is 60.2 Å². The molecular formula is C28H25NO7. The van der Waals surface area contributed by atoms with Crippen molar-refractivity contribution in [3.63, 3.8) is 0 Å². The molecule has 1 amide bonds. The van der Waals surface area contributed by atoms with Gasteiger partial charge in [0.05, 0.1) is 18.2 Å². The highest BCUT2D eigenvalue weighted by atomic mass is 16.7. The van der Waals surface area contributed by atoms with Crippen molar-refractivity contribution in [3.8, 4) is 23.0 Å². The Kier molecular flexibility index (Phi) is 5.80. The van der Waals surface area contributed by atoms with E-state index >= 15 is 0 Å². The van der Waals surface area contributed by atoms with Crippen molar-refractivity contribution in [2.24, 2.45) is 0 Å². The number of carbonyl (C=O) groups excluding carboxylic acids is 2. The van der Waals surface area contributed by atoms with Crippen LogP contribution in [-0.2, 0) is 9.59 Å². The molecule has 0 bridgehead atoms. The van der Waals surface area contributed by atoms with Crippen LogP contribution in [0.3, 0.4) is 0 Å². The normalized spacial score (nSPS) is 18.1. The summed E-state index contributed by atoms with van der Waals surface area (Å²) in [6.07, 6.45) is 0. The van der Waals surface area contributed by atoms with Gasteiger partial charge in [-0.15, -0.1) is 0 Å². The minimum absolute atomic E-state index is 0.0590. The molecule has 0 radical (unpaired) electrons. The molecule has 5 rings (SSSR count). The lowest BCUT2D eigenvalue weighted by atomic mass is 9.94. The molecule has 0 aliphatic carbocycles. The molecule has 1 fully saturated rings. The molecule has 2 heterocycles. The number of anilines is 1. The van der Waals surface area contributed by atoms with Gasteiger partial charge in [0.2, 0.25) is 6.79 Å². The maximum atomic E-state index is 13.4. The van der Waals surface area contributed by atoms with Gasteiger partial charge in [0.1, 0.15) is 5.76 Å². The molecule has 0 saturated carbocycles. The number of Topliss-reactive ketones (excluding diaryl/α,β-unsaturated/α-hetero) is 1. The van der Waals surface area contributed by atoms with Gasteiger partial charge >= 0.3 is 0 Å². The van der Waals surface area contributed by atoms with E-state index in [0.29, 0.717) is 34.9 Å². The van der Waals surface area contributed by atoms with Crippen molar-refractivity contribution in [3.05, 3.63) is 82.4 Å². The van der Waals surface area contributed by atoms with Crippen LogP contribution >= 0.6 is 0 Å². The first-order valence-corrected chi connectivity index (χ1v) is 11.5. The Morgan fingerprint density at radius 3 is 2.53 bits per heavy atom. The van der Waals surface area contributed by atoms with Gasteiger partial charge in [-0.25, -0.2) is 0 Å². The number of hydrogen-bond acceptors (Lipinski definition) is 7. The fourth-order valence-electron chi connectivity index (χ4n) is 4.47. The van der Waals surface area contributed by atoms with Crippen molar-refractivity contribution in [1.82, 2.24) is 0 Å². The van der Waals surface area contributed by atoms with E-state index in [4.69, 9.17) is 14.2 Å². The summed E-state index contributed by atoms with van der Waals surface area (Å²) in [5, 5.41) is 21.6. The smallest absolute Gasteiger partial charge is 0.300 e. The molecule has 8 heteroatoms. The topological polar surface area (TPSA) is 106 Å². The molecule has 2 aliphatic rings. The summed E-state index contributed by atoms with van der Waals surface area (Å²) in [6.45, 7) is 6.00. The molecule has 3 aromatic rings. The quantitative estimate of drug-likeness (QED) is 0.304. The van der Waals surface area contributed by atoms with Crippen LogP contribution in [0.25, 0.3) is 5.76 Å². The number of amides is 1. The van der Waals surface area contributed by atoms with Crippen molar-refractivity contribution in [1.29, 1.82) is 0 Å². The number of hydrogen-bond donors (Lipinski definition) is 2. The van der Waals surface area contributed by atoms with E-state index in [-0.39, 0.29) is 29.6 Å². The summed E-state index contributed by atoms with van der Waals surface area (Å²) < 4.78 is 16.4. The number of carbonyl (C=O) groups is 2. The zero-order valence-corrected chi connectivity index (χ0v) is 20.1. The molecule has 0 spiro atoms. The van der Waals surface area contributed by atoms with E-state index in [1.54, 1.807) is 49.4 Å². The van der Waals surface area contributed by atoms with E-state index in [1.165, 1.54) is 11.0 Å². The van der Waals surface area contributed by atoms with Crippen molar-refractivity contribution < 1.29 is 34.0 Å². The summed E-state index contributed by atoms with van der Waals surface area (Å²) in [4.78, 5) is 28.1. The molecule has 2 N–H and O–H groups in total. The number of ketones is 1. The lowest BCUT2D eigenvalue weighted by Gasteiger charge is -2.26. The third-order valence-corrected chi connectivity index (χ3v) is 6.46. The van der Waals surface area contributed by atoms with Gasteiger partial charge < -0.3 is 24.4 Å². The molecule has 0 aromatic heterocycles. The zero-order chi connectivity index (χ0) is 25.6. The first-order valence-electron chi connectivity index (χ1n) is 11.5. The summed E-state index contributed by atoms with van der Waals surface area (Å²) in [5.74, 6) is -0.786. The molecule has 1 atom stereocenters. The minimum Gasteiger partial charge on any atom is -0.507 e. The Morgan fingerprint density at radius 1 is 1.00 bits per heavy atom. The van der Waals surface area contributed by atoms with Gasteiger partial charge in [0, 0.05) is 17.3 Å². The third kappa shape index (κ3) is 3.80. The van der Waals surface area contributed by atoms with Crippen LogP contribution in [0.5, 0.6) is 23.0 Å². The Hall–Kier alpha value is -4.46. The summed E-state index contributed by atoms with van der Waals surface area (Å²) in [5.41, 5.74) is 3.22. The van der Waals surface area contributed by atoms with E-state index in [9.17, 15) is 19.8 Å². The van der Waals surface area contributed by atoms with Gasteiger partial charge in [-0.2, -0.15) is 0 Å². The van der Waals surface area contributed by atoms with Gasteiger partial charge in [-0.1, -0.05) is 18.2 Å². The lowest BCUT2D eigenvalue weighted by Crippen LogP contribution is -2.29. The highest BCUT2D eigenvalue weighted by Gasteiger charge is 2.47. The van der Waals surface area contributed by atoms with Crippen molar-refractivity contribution >= 4 is 23.1 Å². The predicted molar refractivity (Wildman–Crippen MR) is 133 cm³/mol. The van der Waals surface area contributed by atoms with Gasteiger partial charge in [-0.3, -0.25) is 14.5 Å². The third-order valence-electron chi connectivity index (χ3n) is 6.46. The summed E-state index contributed by atoms with van der Waals surface area (Å²) in [6, 6.07) is 13.9. The maximum Gasteiger partial charge on any atom is 0.300 e. The molecule has 184 valence electrons. The monoisotopic (exact) mass is 487 g/mol. The van der Waals surface area contributed by atoms with Crippen molar-refractivity contribution in [2.45, 2.75) is 26.8 Å². The van der Waals surface area contributed by atoms with E-state index in [1.807, 2.05) is 19.9 Å². The Morgan fingerprint density at radius 2 is 1.78 bits per heavy atom. The van der Waals surface area contributed by atoms with Crippen LogP contribution in [0.1, 0.15) is 35.2 Å². The number of ether oxygens (including phenoxy) is 3. The van der Waals surface area contributed by atoms with E-state index in [2.05, 4.69) is 0 Å². The average Bonchev–Trinajstić information content (AvgIpc) is 3.44.